The van der Waals surface area contributed by atoms with Gasteiger partial charge in [-0.1, -0.05) is 0 Å². The summed E-state index contributed by atoms with van der Waals surface area (Å²) in [6.07, 6.45) is -1.32. The molecule has 1 N–H and O–H groups in total. The maximum absolute atomic E-state index is 13.0. The number of hydrogen-bond donors (Lipinski definition) is 1. The lowest BCUT2D eigenvalue weighted by Gasteiger charge is -2.12. The molecule has 2 aromatic rings. The number of aryl methyl sites for hydroxylation is 2. The van der Waals surface area contributed by atoms with Crippen LogP contribution in [0, 0.1) is 0 Å². The van der Waals surface area contributed by atoms with Gasteiger partial charge in [-0.05, 0) is 54.1 Å². The Kier molecular flexibility index (Phi) is 5.85. The molecule has 3 rings (SSSR count). The monoisotopic (exact) mass is 479 g/mol. The molecule has 11 heteroatoms. The summed E-state index contributed by atoms with van der Waals surface area (Å²) in [5.74, 6) is -1.33. The number of hydrogen-bond acceptors (Lipinski definition) is 5. The summed E-state index contributed by atoms with van der Waals surface area (Å²) in [5, 5.41) is 6.27. The van der Waals surface area contributed by atoms with E-state index in [0.29, 0.717) is 12.0 Å². The Bertz CT molecular complexity index is 936. The lowest BCUT2D eigenvalue weighted by molar-refractivity contribution is -0.142. The van der Waals surface area contributed by atoms with Crippen molar-refractivity contribution >= 4 is 44.1 Å². The number of carbonyl (C=O) groups is 2. The summed E-state index contributed by atoms with van der Waals surface area (Å²) in [6.45, 7) is 1.86. The molecule has 152 valence electrons. The minimum Gasteiger partial charge on any atom is -0.462 e. The van der Waals surface area contributed by atoms with Crippen molar-refractivity contribution in [3.63, 3.8) is 0 Å². The van der Waals surface area contributed by atoms with E-state index in [1.165, 1.54) is 18.4 Å². The number of thiophene rings is 1. The van der Waals surface area contributed by atoms with Gasteiger partial charge in [0.25, 0.3) is 5.91 Å². The van der Waals surface area contributed by atoms with E-state index in [1.54, 1.807) is 6.92 Å². The molecule has 0 fully saturated rings. The zero-order chi connectivity index (χ0) is 20.6. The van der Waals surface area contributed by atoms with E-state index in [9.17, 15) is 22.8 Å². The highest BCUT2D eigenvalue weighted by Gasteiger charge is 2.39. The minimum absolute atomic E-state index is 0.180. The van der Waals surface area contributed by atoms with Gasteiger partial charge in [-0.2, -0.15) is 18.3 Å². The molecule has 2 heterocycles. The maximum Gasteiger partial charge on any atom is 0.436 e. The van der Waals surface area contributed by atoms with E-state index in [-0.39, 0.29) is 17.3 Å². The molecule has 0 atom stereocenters. The van der Waals surface area contributed by atoms with Crippen LogP contribution in [0.25, 0.3) is 0 Å². The molecule has 0 radical (unpaired) electrons. The Labute approximate surface area is 171 Å². The molecule has 28 heavy (non-hydrogen) atoms. The number of alkyl halides is 3. The molecule has 6 nitrogen and oxygen atoms in total. The highest BCUT2D eigenvalue weighted by molar-refractivity contribution is 9.10. The summed E-state index contributed by atoms with van der Waals surface area (Å²) in [4.78, 5) is 26.2. The largest absolute Gasteiger partial charge is 0.462 e. The van der Waals surface area contributed by atoms with Crippen molar-refractivity contribution in [2.45, 2.75) is 38.8 Å². The summed E-state index contributed by atoms with van der Waals surface area (Å²) in [6, 6.07) is 0. The fourth-order valence-electron chi connectivity index (χ4n) is 3.16. The molecule has 0 bridgehead atoms. The molecule has 2 aromatic heterocycles. The molecular weight excluding hydrogens is 463 g/mol. The van der Waals surface area contributed by atoms with Crippen LogP contribution >= 0.6 is 27.3 Å². The van der Waals surface area contributed by atoms with Gasteiger partial charge in [-0.25, -0.2) is 4.79 Å². The van der Waals surface area contributed by atoms with Crippen molar-refractivity contribution in [3.05, 3.63) is 31.9 Å². The SMILES string of the molecule is CCOC(=O)c1c(NC(=O)c2c(Br)c(C(F)(F)F)nn2C)sc2c1CCCC2. The van der Waals surface area contributed by atoms with Gasteiger partial charge in [0.2, 0.25) is 0 Å². The van der Waals surface area contributed by atoms with Crippen molar-refractivity contribution in [2.24, 2.45) is 7.05 Å². The zero-order valence-corrected chi connectivity index (χ0v) is 17.5. The predicted molar refractivity (Wildman–Crippen MR) is 101 cm³/mol. The Morgan fingerprint density at radius 1 is 1.32 bits per heavy atom. The number of amides is 1. The first-order chi connectivity index (χ1) is 13.1. The third kappa shape index (κ3) is 3.82. The standard InChI is InChI=1S/C17H17BrF3N3O3S/c1-3-27-16(26)10-8-6-4-5-7-9(8)28-15(10)22-14(25)12-11(18)13(17(19,20)21)23-24(12)2/h3-7H2,1-2H3,(H,22,25). The molecule has 1 aliphatic rings. The van der Waals surface area contributed by atoms with Crippen LogP contribution in [-0.4, -0.2) is 28.3 Å². The van der Waals surface area contributed by atoms with Crippen LogP contribution in [0.3, 0.4) is 0 Å². The van der Waals surface area contributed by atoms with Crippen LogP contribution in [-0.2, 0) is 30.8 Å². The van der Waals surface area contributed by atoms with E-state index in [4.69, 9.17) is 4.74 Å². The lowest BCUT2D eigenvalue weighted by atomic mass is 9.95. The summed E-state index contributed by atoms with van der Waals surface area (Å²) in [5.41, 5.74) is -0.320. The van der Waals surface area contributed by atoms with Gasteiger partial charge in [0, 0.05) is 11.9 Å². The number of carbonyl (C=O) groups excluding carboxylic acids is 2. The minimum atomic E-state index is -4.70. The van der Waals surface area contributed by atoms with Crippen LogP contribution in [0.4, 0.5) is 18.2 Å². The van der Waals surface area contributed by atoms with E-state index >= 15 is 0 Å². The maximum atomic E-state index is 13.0. The first-order valence-corrected chi connectivity index (χ1v) is 10.2. The second-order valence-corrected chi connectivity index (χ2v) is 8.12. The van der Waals surface area contributed by atoms with E-state index in [2.05, 4.69) is 26.3 Å². The Hall–Kier alpha value is -1.88. The van der Waals surface area contributed by atoms with Crippen molar-refractivity contribution in [1.82, 2.24) is 9.78 Å². The number of halogens is 4. The number of anilines is 1. The molecule has 0 aromatic carbocycles. The van der Waals surface area contributed by atoms with Crippen LogP contribution in [0.15, 0.2) is 4.47 Å². The van der Waals surface area contributed by atoms with Crippen molar-refractivity contribution in [2.75, 3.05) is 11.9 Å². The van der Waals surface area contributed by atoms with Gasteiger partial charge in [0.15, 0.2) is 5.69 Å². The van der Waals surface area contributed by atoms with Crippen LogP contribution < -0.4 is 5.32 Å². The number of rotatable bonds is 4. The number of ether oxygens (including phenoxy) is 1. The average molecular weight is 480 g/mol. The highest BCUT2D eigenvalue weighted by atomic mass is 79.9. The second kappa shape index (κ2) is 7.86. The van der Waals surface area contributed by atoms with Gasteiger partial charge in [-0.15, -0.1) is 11.3 Å². The second-order valence-electron chi connectivity index (χ2n) is 6.22. The molecule has 0 aliphatic heterocycles. The molecule has 1 aliphatic carbocycles. The van der Waals surface area contributed by atoms with Crippen LogP contribution in [0.2, 0.25) is 0 Å². The van der Waals surface area contributed by atoms with E-state index < -0.39 is 28.2 Å². The smallest absolute Gasteiger partial charge is 0.436 e. The van der Waals surface area contributed by atoms with Gasteiger partial charge in [0.1, 0.15) is 10.7 Å². The van der Waals surface area contributed by atoms with Gasteiger partial charge in [-0.3, -0.25) is 9.48 Å². The molecular formula is C17H17BrF3N3O3S. The number of nitrogens with zero attached hydrogens (tertiary/aromatic N) is 2. The normalized spacial score (nSPS) is 13.9. The van der Waals surface area contributed by atoms with Crippen molar-refractivity contribution < 1.29 is 27.5 Å². The first-order valence-electron chi connectivity index (χ1n) is 8.57. The Morgan fingerprint density at radius 3 is 2.61 bits per heavy atom. The summed E-state index contributed by atoms with van der Waals surface area (Å²) in [7, 11) is 1.25. The summed E-state index contributed by atoms with van der Waals surface area (Å²) >= 11 is 4.09. The average Bonchev–Trinajstić information content (AvgIpc) is 3.11. The highest BCUT2D eigenvalue weighted by Crippen LogP contribution is 2.40. The first kappa shape index (κ1) is 20.8. The number of nitrogens with one attached hydrogen (secondary N) is 1. The summed E-state index contributed by atoms with van der Waals surface area (Å²) < 4.78 is 44.7. The number of aromatic nitrogens is 2. The molecule has 1 amide bonds. The predicted octanol–water partition coefficient (Wildman–Crippen LogP) is 4.57. The number of fused-ring (bicyclic) bond motifs is 1. The van der Waals surface area contributed by atoms with Gasteiger partial charge >= 0.3 is 12.1 Å². The number of esters is 1. The lowest BCUT2D eigenvalue weighted by Crippen LogP contribution is -2.18. The van der Waals surface area contributed by atoms with Gasteiger partial charge in [0.05, 0.1) is 16.6 Å². The quantitative estimate of drug-likeness (QED) is 0.651. The molecule has 0 spiro atoms. The molecule has 0 saturated heterocycles. The fraction of sp³-hybridized carbons (Fsp3) is 0.471. The zero-order valence-electron chi connectivity index (χ0n) is 15.1. The van der Waals surface area contributed by atoms with Crippen molar-refractivity contribution in [1.29, 1.82) is 0 Å². The van der Waals surface area contributed by atoms with Crippen LogP contribution in [0.5, 0.6) is 0 Å². The van der Waals surface area contributed by atoms with Gasteiger partial charge < -0.3 is 10.1 Å². The van der Waals surface area contributed by atoms with Crippen molar-refractivity contribution in [3.8, 4) is 0 Å². The van der Waals surface area contributed by atoms with E-state index in [0.717, 1.165) is 34.4 Å². The topological polar surface area (TPSA) is 73.2 Å². The Balaban J connectivity index is 1.98. The molecule has 0 unspecified atom stereocenters. The van der Waals surface area contributed by atoms with E-state index in [1.807, 2.05) is 0 Å². The third-order valence-corrected chi connectivity index (χ3v) is 6.31. The molecule has 0 saturated carbocycles. The Morgan fingerprint density at radius 2 is 2.00 bits per heavy atom. The van der Waals surface area contributed by atoms with Crippen LogP contribution in [0.1, 0.15) is 56.7 Å². The fourth-order valence-corrected chi connectivity index (χ4v) is 5.17. The third-order valence-electron chi connectivity index (χ3n) is 4.35.